The Morgan fingerprint density at radius 1 is 1.17 bits per heavy atom. The number of rotatable bonds is 6. The zero-order valence-electron chi connectivity index (χ0n) is 17.0. The summed E-state index contributed by atoms with van der Waals surface area (Å²) < 4.78 is 5.65. The molecule has 0 aromatic heterocycles. The van der Waals surface area contributed by atoms with Crippen LogP contribution in [0.4, 0.5) is 17.1 Å². The summed E-state index contributed by atoms with van der Waals surface area (Å²) in [7, 11) is 0. The van der Waals surface area contributed by atoms with Crippen molar-refractivity contribution in [2.45, 2.75) is 26.7 Å². The fourth-order valence-electron chi connectivity index (χ4n) is 4.17. The molecule has 0 aliphatic carbocycles. The van der Waals surface area contributed by atoms with Crippen LogP contribution in [0.3, 0.4) is 0 Å². The molecule has 6 nitrogen and oxygen atoms in total. The van der Waals surface area contributed by atoms with Gasteiger partial charge in [0.15, 0.2) is 0 Å². The van der Waals surface area contributed by atoms with Crippen molar-refractivity contribution in [1.29, 1.82) is 0 Å². The zero-order chi connectivity index (χ0) is 20.4. The van der Waals surface area contributed by atoms with Crippen LogP contribution in [0.1, 0.15) is 25.8 Å². The number of amides is 2. The molecule has 2 amide bonds. The molecule has 0 bridgehead atoms. The highest BCUT2D eigenvalue weighted by Crippen LogP contribution is 2.34. The summed E-state index contributed by atoms with van der Waals surface area (Å²) in [5.41, 5.74) is 4.03. The SMILES string of the molecule is CCOc1ccccc1N1CC(C(=O)Nc2ccc3c(c2)N(CC)CC3)CC1=O. The molecule has 4 rings (SSSR count). The number of benzene rings is 2. The fraction of sp³-hybridized carbons (Fsp3) is 0.391. The number of carbonyl (C=O) groups excluding carboxylic acids is 2. The van der Waals surface area contributed by atoms with E-state index in [4.69, 9.17) is 4.74 Å². The van der Waals surface area contributed by atoms with Gasteiger partial charge in [0.25, 0.3) is 0 Å². The second-order valence-corrected chi connectivity index (χ2v) is 7.47. The van der Waals surface area contributed by atoms with Crippen molar-refractivity contribution in [3.63, 3.8) is 0 Å². The molecule has 0 radical (unpaired) electrons. The molecule has 29 heavy (non-hydrogen) atoms. The van der Waals surface area contributed by atoms with E-state index in [-0.39, 0.29) is 24.2 Å². The van der Waals surface area contributed by atoms with Crippen LogP contribution in [-0.4, -0.2) is 38.1 Å². The smallest absolute Gasteiger partial charge is 0.229 e. The third kappa shape index (κ3) is 3.79. The summed E-state index contributed by atoms with van der Waals surface area (Å²) in [6.07, 6.45) is 1.25. The number of hydrogen-bond donors (Lipinski definition) is 1. The van der Waals surface area contributed by atoms with Crippen LogP contribution < -0.4 is 19.9 Å². The largest absolute Gasteiger partial charge is 0.492 e. The first-order valence-electron chi connectivity index (χ1n) is 10.3. The summed E-state index contributed by atoms with van der Waals surface area (Å²) in [4.78, 5) is 29.5. The van der Waals surface area contributed by atoms with Gasteiger partial charge in [-0.25, -0.2) is 0 Å². The Labute approximate surface area is 171 Å². The Bertz CT molecular complexity index is 927. The third-order valence-electron chi connectivity index (χ3n) is 5.68. The first-order chi connectivity index (χ1) is 14.1. The number of hydrogen-bond acceptors (Lipinski definition) is 4. The normalized spacial score (nSPS) is 18.1. The molecule has 2 aromatic carbocycles. The minimum absolute atomic E-state index is 0.0524. The van der Waals surface area contributed by atoms with Crippen molar-refractivity contribution in [3.8, 4) is 5.75 Å². The lowest BCUT2D eigenvalue weighted by Crippen LogP contribution is -2.28. The van der Waals surface area contributed by atoms with Crippen LogP contribution >= 0.6 is 0 Å². The number of fused-ring (bicyclic) bond motifs is 1. The van der Waals surface area contributed by atoms with Gasteiger partial charge in [-0.2, -0.15) is 0 Å². The predicted molar refractivity (Wildman–Crippen MR) is 115 cm³/mol. The van der Waals surface area contributed by atoms with Gasteiger partial charge in [-0.05, 0) is 50.1 Å². The Morgan fingerprint density at radius 3 is 2.79 bits per heavy atom. The van der Waals surface area contributed by atoms with Crippen LogP contribution in [-0.2, 0) is 16.0 Å². The quantitative estimate of drug-likeness (QED) is 0.817. The third-order valence-corrected chi connectivity index (χ3v) is 5.68. The molecule has 2 aliphatic rings. The Hall–Kier alpha value is -3.02. The highest BCUT2D eigenvalue weighted by atomic mass is 16.5. The van der Waals surface area contributed by atoms with E-state index < -0.39 is 0 Å². The van der Waals surface area contributed by atoms with Crippen molar-refractivity contribution < 1.29 is 14.3 Å². The topological polar surface area (TPSA) is 61.9 Å². The Morgan fingerprint density at radius 2 is 2.00 bits per heavy atom. The monoisotopic (exact) mass is 393 g/mol. The maximum Gasteiger partial charge on any atom is 0.229 e. The van der Waals surface area contributed by atoms with Crippen LogP contribution in [0, 0.1) is 5.92 Å². The second kappa shape index (κ2) is 8.15. The van der Waals surface area contributed by atoms with Gasteiger partial charge in [-0.15, -0.1) is 0 Å². The van der Waals surface area contributed by atoms with E-state index in [1.165, 1.54) is 11.3 Å². The van der Waals surface area contributed by atoms with E-state index in [1.54, 1.807) is 4.90 Å². The molecule has 1 atom stereocenters. The number of nitrogens with zero attached hydrogens (tertiary/aromatic N) is 2. The van der Waals surface area contributed by atoms with Crippen molar-refractivity contribution in [1.82, 2.24) is 0 Å². The maximum atomic E-state index is 12.9. The van der Waals surface area contributed by atoms with E-state index in [2.05, 4.69) is 23.2 Å². The lowest BCUT2D eigenvalue weighted by Gasteiger charge is -2.20. The molecule has 1 saturated heterocycles. The van der Waals surface area contributed by atoms with Crippen LogP contribution in [0.5, 0.6) is 5.75 Å². The minimum Gasteiger partial charge on any atom is -0.492 e. The number of para-hydroxylation sites is 2. The van der Waals surface area contributed by atoms with E-state index in [0.29, 0.717) is 18.9 Å². The lowest BCUT2D eigenvalue weighted by atomic mass is 10.1. The number of carbonyl (C=O) groups is 2. The fourth-order valence-corrected chi connectivity index (χ4v) is 4.17. The van der Waals surface area contributed by atoms with Crippen molar-refractivity contribution in [3.05, 3.63) is 48.0 Å². The molecule has 2 aliphatic heterocycles. The van der Waals surface area contributed by atoms with Gasteiger partial charge in [-0.1, -0.05) is 18.2 Å². The molecular formula is C23H27N3O3. The number of ether oxygens (including phenoxy) is 1. The van der Waals surface area contributed by atoms with Gasteiger partial charge in [0.05, 0.1) is 18.2 Å². The summed E-state index contributed by atoms with van der Waals surface area (Å²) in [5, 5.41) is 3.01. The van der Waals surface area contributed by atoms with Crippen LogP contribution in [0.25, 0.3) is 0 Å². The van der Waals surface area contributed by atoms with Gasteiger partial charge in [0, 0.05) is 37.4 Å². The highest BCUT2D eigenvalue weighted by molar-refractivity contribution is 6.04. The molecule has 1 fully saturated rings. The van der Waals surface area contributed by atoms with Crippen molar-refractivity contribution in [2.24, 2.45) is 5.92 Å². The van der Waals surface area contributed by atoms with Gasteiger partial charge in [-0.3, -0.25) is 9.59 Å². The van der Waals surface area contributed by atoms with E-state index >= 15 is 0 Å². The van der Waals surface area contributed by atoms with E-state index in [0.717, 1.165) is 30.9 Å². The molecule has 0 spiro atoms. The molecule has 2 aromatic rings. The lowest BCUT2D eigenvalue weighted by molar-refractivity contribution is -0.122. The number of anilines is 3. The molecular weight excluding hydrogens is 366 g/mol. The van der Waals surface area contributed by atoms with E-state index in [1.807, 2.05) is 43.3 Å². The molecule has 6 heteroatoms. The molecule has 152 valence electrons. The van der Waals surface area contributed by atoms with Gasteiger partial charge >= 0.3 is 0 Å². The second-order valence-electron chi connectivity index (χ2n) is 7.47. The summed E-state index contributed by atoms with van der Waals surface area (Å²) in [6.45, 7) is 6.91. The van der Waals surface area contributed by atoms with Crippen LogP contribution in [0.2, 0.25) is 0 Å². The first kappa shape index (κ1) is 19.3. The first-order valence-corrected chi connectivity index (χ1v) is 10.3. The molecule has 1 unspecified atom stereocenters. The minimum atomic E-state index is -0.382. The molecule has 2 heterocycles. The van der Waals surface area contributed by atoms with E-state index in [9.17, 15) is 9.59 Å². The van der Waals surface area contributed by atoms with Gasteiger partial charge < -0.3 is 19.9 Å². The van der Waals surface area contributed by atoms with Gasteiger partial charge in [0.2, 0.25) is 11.8 Å². The van der Waals surface area contributed by atoms with Crippen LogP contribution in [0.15, 0.2) is 42.5 Å². The average molecular weight is 393 g/mol. The zero-order valence-corrected chi connectivity index (χ0v) is 17.0. The van der Waals surface area contributed by atoms with Gasteiger partial charge in [0.1, 0.15) is 5.75 Å². The maximum absolute atomic E-state index is 12.9. The van der Waals surface area contributed by atoms with Crippen molar-refractivity contribution in [2.75, 3.05) is 41.4 Å². The molecule has 1 N–H and O–H groups in total. The Balaban J connectivity index is 1.47. The average Bonchev–Trinajstić information content (AvgIpc) is 3.31. The predicted octanol–water partition coefficient (Wildman–Crippen LogP) is 3.46. The highest BCUT2D eigenvalue weighted by Gasteiger charge is 2.36. The Kier molecular flexibility index (Phi) is 5.43. The number of likely N-dealkylation sites (N-methyl/N-ethyl adjacent to an activating group) is 1. The summed E-state index contributed by atoms with van der Waals surface area (Å²) in [6, 6.07) is 13.6. The molecule has 0 saturated carbocycles. The number of nitrogens with one attached hydrogen (secondary N) is 1. The summed E-state index contributed by atoms with van der Waals surface area (Å²) in [5.74, 6) is 0.120. The van der Waals surface area contributed by atoms with Crippen molar-refractivity contribution >= 4 is 28.9 Å². The summed E-state index contributed by atoms with van der Waals surface area (Å²) >= 11 is 0. The standard InChI is InChI=1S/C23H27N3O3/c1-3-25-12-11-16-9-10-18(14-20(16)25)24-23(28)17-13-22(27)26(15-17)19-7-5-6-8-21(19)29-4-2/h5-10,14,17H,3-4,11-13,15H2,1-2H3,(H,24,28).